The van der Waals surface area contributed by atoms with Crippen molar-refractivity contribution in [2.45, 2.75) is 13.2 Å². The van der Waals surface area contributed by atoms with Crippen LogP contribution in [0.4, 0.5) is 14.5 Å². The van der Waals surface area contributed by atoms with E-state index < -0.39 is 6.29 Å². The first kappa shape index (κ1) is 12.9. The number of halogens is 3. The van der Waals surface area contributed by atoms with Gasteiger partial charge in [-0.15, -0.1) is 20.4 Å². The Hall–Kier alpha value is -1.56. The molecular formula is C11H10ClF2NO3. The van der Waals surface area contributed by atoms with Gasteiger partial charge in [0.25, 0.3) is 0 Å². The molecule has 1 amide bonds. The third kappa shape index (κ3) is 2.08. The van der Waals surface area contributed by atoms with Crippen LogP contribution in [-0.4, -0.2) is 25.1 Å². The summed E-state index contributed by atoms with van der Waals surface area (Å²) >= 11 is 5.44. The molecule has 0 fully saturated rings. The van der Waals surface area contributed by atoms with Crippen LogP contribution >= 0.6 is 11.6 Å². The molecule has 0 saturated carbocycles. The molecule has 1 aliphatic heterocycles. The SMILES string of the molecule is Cc1c(N(C)C(=O)CCl)ccc2c1OC(F)(F)O2. The Morgan fingerprint density at radius 1 is 1.44 bits per heavy atom. The van der Waals surface area contributed by atoms with Gasteiger partial charge in [0.1, 0.15) is 5.88 Å². The molecule has 0 N–H and O–H groups in total. The number of amides is 1. The van der Waals surface area contributed by atoms with Crippen LogP contribution in [0.15, 0.2) is 12.1 Å². The van der Waals surface area contributed by atoms with Crippen LogP contribution in [0.1, 0.15) is 5.56 Å². The Bertz CT molecular complexity index is 507. The van der Waals surface area contributed by atoms with Gasteiger partial charge in [0.05, 0.1) is 5.69 Å². The van der Waals surface area contributed by atoms with E-state index in [1.54, 1.807) is 6.92 Å². The van der Waals surface area contributed by atoms with E-state index in [0.717, 1.165) is 0 Å². The first-order chi connectivity index (χ1) is 8.35. The number of nitrogens with zero attached hydrogens (tertiary/aromatic N) is 1. The van der Waals surface area contributed by atoms with Gasteiger partial charge in [0.15, 0.2) is 11.5 Å². The molecule has 0 bridgehead atoms. The van der Waals surface area contributed by atoms with Crippen LogP contribution in [0.5, 0.6) is 11.5 Å². The van der Waals surface area contributed by atoms with Crippen molar-refractivity contribution >= 4 is 23.2 Å². The smallest absolute Gasteiger partial charge is 0.395 e. The van der Waals surface area contributed by atoms with Gasteiger partial charge in [-0.05, 0) is 19.1 Å². The summed E-state index contributed by atoms with van der Waals surface area (Å²) in [6.45, 7) is 1.57. The standard InChI is InChI=1S/C11H10ClF2NO3/c1-6-7(15(2)9(16)5-12)3-4-8-10(6)18-11(13,14)17-8/h3-4H,5H2,1-2H3. The average molecular weight is 278 g/mol. The molecule has 1 aromatic carbocycles. The quantitative estimate of drug-likeness (QED) is 0.780. The van der Waals surface area contributed by atoms with Crippen LogP contribution in [0, 0.1) is 6.92 Å². The number of carbonyl (C=O) groups is 1. The van der Waals surface area contributed by atoms with Gasteiger partial charge < -0.3 is 14.4 Å². The highest BCUT2D eigenvalue weighted by atomic mass is 35.5. The minimum atomic E-state index is -3.67. The third-order valence-electron chi connectivity index (χ3n) is 2.64. The summed E-state index contributed by atoms with van der Waals surface area (Å²) in [6, 6.07) is 2.83. The van der Waals surface area contributed by atoms with Crippen molar-refractivity contribution in [2.24, 2.45) is 0 Å². The molecule has 4 nitrogen and oxygen atoms in total. The zero-order chi connectivity index (χ0) is 13.5. The number of rotatable bonds is 2. The Morgan fingerprint density at radius 2 is 2.11 bits per heavy atom. The molecule has 18 heavy (non-hydrogen) atoms. The maximum atomic E-state index is 12.9. The van der Waals surface area contributed by atoms with Crippen LogP contribution < -0.4 is 14.4 Å². The van der Waals surface area contributed by atoms with Gasteiger partial charge in [-0.1, -0.05) is 0 Å². The minimum Gasteiger partial charge on any atom is -0.395 e. The van der Waals surface area contributed by atoms with Crippen molar-refractivity contribution in [3.63, 3.8) is 0 Å². The Morgan fingerprint density at radius 3 is 2.72 bits per heavy atom. The molecule has 98 valence electrons. The van der Waals surface area contributed by atoms with E-state index in [0.29, 0.717) is 11.3 Å². The summed E-state index contributed by atoms with van der Waals surface area (Å²) in [5.74, 6) is -0.648. The fraction of sp³-hybridized carbons (Fsp3) is 0.364. The summed E-state index contributed by atoms with van der Waals surface area (Å²) in [4.78, 5) is 12.7. The van der Waals surface area contributed by atoms with Crippen molar-refractivity contribution < 1.29 is 23.0 Å². The van der Waals surface area contributed by atoms with E-state index in [1.807, 2.05) is 0 Å². The molecule has 0 aromatic heterocycles. The van der Waals surface area contributed by atoms with E-state index in [9.17, 15) is 13.6 Å². The Kier molecular flexibility index (Phi) is 3.06. The summed E-state index contributed by atoms with van der Waals surface area (Å²) in [5.41, 5.74) is 0.839. The summed E-state index contributed by atoms with van der Waals surface area (Å²) in [5, 5.41) is 0. The van der Waals surface area contributed by atoms with Gasteiger partial charge in [-0.2, -0.15) is 0 Å². The lowest BCUT2D eigenvalue weighted by atomic mass is 10.1. The average Bonchev–Trinajstić information content (AvgIpc) is 2.63. The van der Waals surface area contributed by atoms with Crippen LogP contribution in [0.25, 0.3) is 0 Å². The molecule has 0 spiro atoms. The fourth-order valence-electron chi connectivity index (χ4n) is 1.72. The second-order valence-corrected chi connectivity index (χ2v) is 4.06. The van der Waals surface area contributed by atoms with Crippen LogP contribution in [0.2, 0.25) is 0 Å². The number of hydrogen-bond acceptors (Lipinski definition) is 3. The molecule has 0 unspecified atom stereocenters. The summed E-state index contributed by atoms with van der Waals surface area (Å²) < 4.78 is 34.6. The number of carbonyl (C=O) groups excluding carboxylic acids is 1. The molecule has 0 atom stereocenters. The van der Waals surface area contributed by atoms with Crippen molar-refractivity contribution in [3.05, 3.63) is 17.7 Å². The topological polar surface area (TPSA) is 38.8 Å². The minimum absolute atomic E-state index is 0.0482. The molecule has 1 heterocycles. The van der Waals surface area contributed by atoms with Gasteiger partial charge >= 0.3 is 6.29 Å². The maximum Gasteiger partial charge on any atom is 0.586 e. The lowest BCUT2D eigenvalue weighted by molar-refractivity contribution is -0.286. The first-order valence-corrected chi connectivity index (χ1v) is 5.61. The number of anilines is 1. The highest BCUT2D eigenvalue weighted by Crippen LogP contribution is 2.46. The van der Waals surface area contributed by atoms with Gasteiger partial charge in [-0.3, -0.25) is 4.79 Å². The van der Waals surface area contributed by atoms with E-state index in [2.05, 4.69) is 9.47 Å². The first-order valence-electron chi connectivity index (χ1n) is 5.07. The van der Waals surface area contributed by atoms with Crippen molar-refractivity contribution in [3.8, 4) is 11.5 Å². The lowest BCUT2D eigenvalue weighted by Gasteiger charge is -2.19. The molecule has 0 radical (unpaired) electrons. The molecule has 2 rings (SSSR count). The van der Waals surface area contributed by atoms with E-state index in [-0.39, 0.29) is 23.3 Å². The number of hydrogen-bond donors (Lipinski definition) is 0. The zero-order valence-electron chi connectivity index (χ0n) is 9.67. The largest absolute Gasteiger partial charge is 0.586 e. The van der Waals surface area contributed by atoms with Gasteiger partial charge in [-0.25, -0.2) is 0 Å². The van der Waals surface area contributed by atoms with Crippen molar-refractivity contribution in [1.82, 2.24) is 0 Å². The highest BCUT2D eigenvalue weighted by Gasteiger charge is 2.44. The van der Waals surface area contributed by atoms with E-state index in [1.165, 1.54) is 24.1 Å². The van der Waals surface area contributed by atoms with E-state index >= 15 is 0 Å². The third-order valence-corrected chi connectivity index (χ3v) is 2.87. The number of fused-ring (bicyclic) bond motifs is 1. The monoisotopic (exact) mass is 277 g/mol. The highest BCUT2D eigenvalue weighted by molar-refractivity contribution is 6.29. The summed E-state index contributed by atoms with van der Waals surface area (Å²) in [7, 11) is 1.51. The summed E-state index contributed by atoms with van der Waals surface area (Å²) in [6.07, 6.45) is -3.67. The van der Waals surface area contributed by atoms with E-state index in [4.69, 9.17) is 11.6 Å². The number of ether oxygens (including phenoxy) is 2. The Balaban J connectivity index is 2.41. The fourth-order valence-corrected chi connectivity index (χ4v) is 1.90. The van der Waals surface area contributed by atoms with Crippen molar-refractivity contribution in [1.29, 1.82) is 0 Å². The zero-order valence-corrected chi connectivity index (χ0v) is 10.4. The second-order valence-electron chi connectivity index (χ2n) is 3.79. The van der Waals surface area contributed by atoms with Crippen LogP contribution in [-0.2, 0) is 4.79 Å². The number of benzene rings is 1. The second kappa shape index (κ2) is 4.28. The predicted molar refractivity (Wildman–Crippen MR) is 61.5 cm³/mol. The molecule has 1 aliphatic rings. The Labute approximate surface area is 107 Å². The lowest BCUT2D eigenvalue weighted by Crippen LogP contribution is -2.28. The van der Waals surface area contributed by atoms with Crippen LogP contribution in [0.3, 0.4) is 0 Å². The number of alkyl halides is 3. The van der Waals surface area contributed by atoms with Crippen molar-refractivity contribution in [2.75, 3.05) is 17.8 Å². The molecule has 0 saturated heterocycles. The molecule has 1 aromatic rings. The maximum absolute atomic E-state index is 12.9. The molecule has 0 aliphatic carbocycles. The molecule has 7 heteroatoms. The molecular weight excluding hydrogens is 268 g/mol. The predicted octanol–water partition coefficient (Wildman–Crippen LogP) is 2.52. The van der Waals surface area contributed by atoms with Gasteiger partial charge in [0.2, 0.25) is 5.91 Å². The normalized spacial score (nSPS) is 15.6. The van der Waals surface area contributed by atoms with Gasteiger partial charge in [0, 0.05) is 12.6 Å².